The van der Waals surface area contributed by atoms with Gasteiger partial charge < -0.3 is 76.7 Å². The number of aliphatic carboxylic acids is 4. The topological polar surface area (TPSA) is 483 Å². The van der Waals surface area contributed by atoms with Crippen LogP contribution in [0.25, 0.3) is 0 Å². The third-order valence-electron chi connectivity index (χ3n) is 10.4. The molecule has 8 heterocycles. The van der Waals surface area contributed by atoms with Crippen molar-refractivity contribution >= 4 is 153 Å². The number of carboxylic acids is 4. The van der Waals surface area contributed by atoms with Crippen LogP contribution in [0.1, 0.15) is 0 Å². The van der Waals surface area contributed by atoms with Gasteiger partial charge in [0.2, 0.25) is 22.1 Å². The monoisotopic (exact) mass is 1260 g/mol. The smallest absolute Gasteiger partial charge is 0.545 e. The molecule has 31 nitrogen and oxygen atoms in total. The van der Waals surface area contributed by atoms with E-state index in [4.69, 9.17) is 20.9 Å². The second-order valence-corrected chi connectivity index (χ2v) is 24.1. The Morgan fingerprint density at radius 1 is 0.636 bits per heavy atom. The molecule has 6 amide bonds. The number of aromatic nitrogens is 8. The van der Waals surface area contributed by atoms with Gasteiger partial charge in [0.05, 0.1) is 54.9 Å². The first-order valence-electron chi connectivity index (χ1n) is 19.4. The fourth-order valence-corrected chi connectivity index (χ4v) is 16.3. The first-order valence-corrected chi connectivity index (χ1v) is 27.0. The summed E-state index contributed by atoms with van der Waals surface area (Å²) in [5.41, 5.74) is 5.08. The Hall–Kier alpha value is -1.52. The molecular weight excluding hydrogens is 1220 g/mol. The van der Waals surface area contributed by atoms with Crippen molar-refractivity contribution in [3.05, 3.63) is 42.2 Å². The zero-order chi connectivity index (χ0) is 52.7. The molecule has 4 fully saturated rings. The largest absolute Gasteiger partial charge is 1.00 e. The molecule has 0 aromatic carbocycles. The van der Waals surface area contributed by atoms with Crippen LogP contribution in [0.4, 0.5) is 0 Å². The second kappa shape index (κ2) is 29.6. The van der Waals surface area contributed by atoms with Crippen LogP contribution < -0.4 is 161 Å². The number of fused-ring (bicyclic) bond motifs is 2. The van der Waals surface area contributed by atoms with Gasteiger partial charge in [-0.3, -0.25) is 38.6 Å². The van der Waals surface area contributed by atoms with Crippen molar-refractivity contribution in [2.45, 2.75) is 41.7 Å². The number of nitrogens with zero attached hydrogens (tertiary/aromatic N) is 10. The van der Waals surface area contributed by atoms with Gasteiger partial charge in [-0.15, -0.1) is 33.7 Å². The van der Waals surface area contributed by atoms with Crippen molar-refractivity contribution in [1.29, 1.82) is 0 Å². The SMILES string of the molecule is CO[C@@]1(NC(=O)C2SC(=C(C(N)=O)C(=O)[O-])S2)C(=O)N2C(C(=O)[O-])=C(CSc3nnnn3C)CS[C@@H]21.CO[C@@]1(NC(=O)C2SC(=C(C(N)=O)C(=O)[O-])S2)C(=O)N2C(C(=O)[O-])=C(CSc3nnnn3C)CS[C@@H]21.O.[Na+].[Na+].[Na+].[Na+]. The van der Waals surface area contributed by atoms with E-state index in [9.17, 15) is 68.4 Å². The first kappa shape index (κ1) is 71.6. The van der Waals surface area contributed by atoms with E-state index in [1.54, 1.807) is 14.1 Å². The molecule has 77 heavy (non-hydrogen) atoms. The van der Waals surface area contributed by atoms with Gasteiger partial charge in [0.15, 0.2) is 0 Å². The Bertz CT molecular complexity index is 2660. The molecule has 0 radical (unpaired) electrons. The molecule has 8 rings (SSSR count). The molecule has 8 N–H and O–H groups in total. The molecule has 6 aliphatic heterocycles. The van der Waals surface area contributed by atoms with E-state index in [1.807, 2.05) is 0 Å². The van der Waals surface area contributed by atoms with E-state index < -0.39 is 102 Å². The van der Waals surface area contributed by atoms with Gasteiger partial charge in [0, 0.05) is 51.3 Å². The number of ether oxygens (including phenoxy) is 2. The number of primary amides is 2. The Morgan fingerprint density at radius 3 is 1.21 bits per heavy atom. The van der Waals surface area contributed by atoms with E-state index in [0.29, 0.717) is 21.5 Å². The van der Waals surface area contributed by atoms with Crippen LogP contribution in [-0.2, 0) is 71.5 Å². The Labute approximate surface area is 555 Å². The second-order valence-electron chi connectivity index (χ2n) is 14.5. The molecule has 2 aromatic heterocycles. The normalized spacial score (nSPS) is 23.4. The van der Waals surface area contributed by atoms with E-state index in [0.717, 1.165) is 56.8 Å². The van der Waals surface area contributed by atoms with Crippen molar-refractivity contribution < 1.29 is 202 Å². The number of thioether (sulfide) groups is 8. The summed E-state index contributed by atoms with van der Waals surface area (Å²) in [7, 11) is 5.64. The number of carboxylic acid groups (broad SMARTS) is 4. The molecule has 0 bridgehead atoms. The van der Waals surface area contributed by atoms with Crippen LogP contribution in [0.5, 0.6) is 0 Å². The maximum atomic E-state index is 13.1. The third kappa shape index (κ3) is 14.1. The molecular formula is C34H32N14Na4O17S8. The average molecular weight is 1260 g/mol. The Kier molecular flexibility index (Phi) is 27.6. The summed E-state index contributed by atoms with van der Waals surface area (Å²) in [5.74, 6) is -11.3. The average Bonchev–Trinajstić information content (AvgIpc) is 3.91. The minimum Gasteiger partial charge on any atom is -0.545 e. The van der Waals surface area contributed by atoms with Crippen molar-refractivity contribution in [3.63, 3.8) is 0 Å². The molecule has 6 aliphatic rings. The van der Waals surface area contributed by atoms with Gasteiger partial charge in [-0.05, 0) is 32.0 Å². The van der Waals surface area contributed by atoms with Gasteiger partial charge in [-0.1, -0.05) is 70.6 Å². The maximum absolute atomic E-state index is 13.1. The van der Waals surface area contributed by atoms with Crippen LogP contribution in [0, 0.1) is 0 Å². The molecule has 392 valence electrons. The van der Waals surface area contributed by atoms with Crippen molar-refractivity contribution in [1.82, 2.24) is 60.8 Å². The molecule has 2 aromatic rings. The zero-order valence-corrected chi connectivity index (χ0v) is 55.6. The molecule has 0 aliphatic carbocycles. The number of methoxy groups -OCH3 is 2. The number of amides is 6. The molecule has 4 saturated heterocycles. The zero-order valence-electron chi connectivity index (χ0n) is 41.1. The summed E-state index contributed by atoms with van der Waals surface area (Å²) < 4.78 is 11.8. The predicted octanol–water partition coefficient (Wildman–Crippen LogP) is -20.9. The van der Waals surface area contributed by atoms with Crippen LogP contribution in [0.3, 0.4) is 0 Å². The predicted molar refractivity (Wildman–Crippen MR) is 249 cm³/mol. The number of nitrogens with one attached hydrogen (secondary N) is 2. The van der Waals surface area contributed by atoms with Crippen molar-refractivity contribution in [3.8, 4) is 0 Å². The van der Waals surface area contributed by atoms with E-state index >= 15 is 0 Å². The first-order chi connectivity index (χ1) is 34.0. The van der Waals surface area contributed by atoms with Crippen LogP contribution in [0.15, 0.2) is 52.5 Å². The van der Waals surface area contributed by atoms with E-state index in [2.05, 4.69) is 41.7 Å². The van der Waals surface area contributed by atoms with E-state index in [1.165, 1.54) is 70.6 Å². The van der Waals surface area contributed by atoms with E-state index in [-0.39, 0.29) is 167 Å². The number of rotatable bonds is 18. The molecule has 0 spiro atoms. The van der Waals surface area contributed by atoms with Gasteiger partial charge in [-0.25, -0.2) is 9.36 Å². The third-order valence-corrected chi connectivity index (χ3v) is 21.0. The van der Waals surface area contributed by atoms with Gasteiger partial charge >= 0.3 is 118 Å². The summed E-state index contributed by atoms with van der Waals surface area (Å²) >= 11 is 7.79. The summed E-state index contributed by atoms with van der Waals surface area (Å²) in [6.07, 6.45) is 0. The standard InChI is InChI=1S/2C17H17N7O8S4.4Na.H2O/c2*1-23-16(20-21-22-23)34-4-5-3-33-15-17(32-2,14(31)24(15)7(5)11(29)30)19-9(26)13-35-12(36-13)6(8(18)25)10(27)28;;;;;/h2*13,15H,3-4H2,1-2H3,(H2,18,25)(H,19,26)(H,27,28)(H,29,30);;;;;1H2/q;;4*+1;/p-4/t2*13?,15-,17+;;;;;/m11...../s1. The number of hydrogen-bond donors (Lipinski definition) is 4. The van der Waals surface area contributed by atoms with Crippen LogP contribution in [0.2, 0.25) is 0 Å². The Morgan fingerprint density at radius 2 is 0.961 bits per heavy atom. The van der Waals surface area contributed by atoms with Crippen molar-refractivity contribution in [2.75, 3.05) is 37.2 Å². The van der Waals surface area contributed by atoms with Crippen LogP contribution in [-0.4, -0.2) is 184 Å². The van der Waals surface area contributed by atoms with Gasteiger partial charge in [0.25, 0.3) is 35.1 Å². The summed E-state index contributed by atoms with van der Waals surface area (Å²) in [6.45, 7) is 0. The number of hydrogen-bond acceptors (Lipinski definition) is 30. The fraction of sp³-hybridized carbons (Fsp3) is 0.412. The van der Waals surface area contributed by atoms with Crippen molar-refractivity contribution in [2.24, 2.45) is 25.6 Å². The Balaban J connectivity index is 0.000000495. The number of tetrazole rings is 2. The number of β-lactam (4-membered cyclic amide) rings is 2. The number of carbonyl (C=O) groups excluding carboxylic acids is 10. The molecule has 0 unspecified atom stereocenters. The number of nitrogens with two attached hydrogens (primary N) is 2. The number of aryl methyl sites for hydroxylation is 2. The quantitative estimate of drug-likeness (QED) is 0.0205. The number of carbonyl (C=O) groups is 10. The molecule has 4 atom stereocenters. The van der Waals surface area contributed by atoms with Gasteiger partial charge in [-0.2, -0.15) is 0 Å². The van der Waals surface area contributed by atoms with Crippen LogP contribution >= 0.6 is 94.1 Å². The summed E-state index contributed by atoms with van der Waals surface area (Å²) in [6, 6.07) is 0. The summed E-state index contributed by atoms with van der Waals surface area (Å²) in [5, 5.41) is 72.3. The maximum Gasteiger partial charge on any atom is 1.00 e. The summed E-state index contributed by atoms with van der Waals surface area (Å²) in [4.78, 5) is 123. The fourth-order valence-electron chi connectivity index (χ4n) is 6.99. The minimum absolute atomic E-state index is 0. The minimum atomic E-state index is -1.85. The molecule has 43 heteroatoms. The molecule has 0 saturated carbocycles. The van der Waals surface area contributed by atoms with Gasteiger partial charge in [0.1, 0.15) is 19.9 Å².